The summed E-state index contributed by atoms with van der Waals surface area (Å²) in [5, 5.41) is 1.02. The van der Waals surface area contributed by atoms with Gasteiger partial charge in [-0.25, -0.2) is 9.97 Å². The number of carbonyl (C=O) groups is 1. The molecule has 0 spiro atoms. The number of likely N-dealkylation sites (N-methyl/N-ethyl adjacent to an activating group) is 1. The highest BCUT2D eigenvalue weighted by molar-refractivity contribution is 7.18. The molecule has 0 aliphatic carbocycles. The van der Waals surface area contributed by atoms with Crippen LogP contribution in [-0.2, 0) is 6.61 Å². The van der Waals surface area contributed by atoms with E-state index in [2.05, 4.69) is 35.8 Å². The third-order valence-corrected chi connectivity index (χ3v) is 6.15. The number of piperazine rings is 1. The standard InChI is InChI=1S/C20H24N4O3S/c1-13-21-15-9-14(5-6-17(15)28-13)26-11-18-22-16(10-27-18)19(25)24-8-7-23(4)20(2,3)12-24/h5-6,9-10H,7-8,11-12H2,1-4H3. The van der Waals surface area contributed by atoms with Crippen molar-refractivity contribution < 1.29 is 13.9 Å². The van der Waals surface area contributed by atoms with Crippen LogP contribution in [0.3, 0.4) is 0 Å². The van der Waals surface area contributed by atoms with Gasteiger partial charge in [-0.3, -0.25) is 9.69 Å². The minimum Gasteiger partial charge on any atom is -0.484 e. The number of hydrogen-bond acceptors (Lipinski definition) is 7. The first-order valence-corrected chi connectivity index (χ1v) is 10.1. The lowest BCUT2D eigenvalue weighted by molar-refractivity contribution is 0.0307. The number of thiazole rings is 1. The van der Waals surface area contributed by atoms with E-state index in [4.69, 9.17) is 9.15 Å². The fraction of sp³-hybridized carbons (Fsp3) is 0.450. The summed E-state index contributed by atoms with van der Waals surface area (Å²) in [7, 11) is 2.08. The molecule has 7 nitrogen and oxygen atoms in total. The molecule has 4 rings (SSSR count). The molecule has 1 aliphatic rings. The number of rotatable bonds is 4. The van der Waals surface area contributed by atoms with Crippen molar-refractivity contribution in [1.82, 2.24) is 19.8 Å². The molecule has 1 aliphatic heterocycles. The first-order valence-electron chi connectivity index (χ1n) is 9.27. The SMILES string of the molecule is Cc1nc2cc(OCc3nc(C(=O)N4CCN(C)C(C)(C)C4)co3)ccc2s1. The van der Waals surface area contributed by atoms with Gasteiger partial charge in [-0.2, -0.15) is 0 Å². The number of aromatic nitrogens is 2. The molecule has 2 aromatic heterocycles. The number of carbonyl (C=O) groups excluding carboxylic acids is 1. The van der Waals surface area contributed by atoms with Gasteiger partial charge < -0.3 is 14.1 Å². The van der Waals surface area contributed by atoms with Crippen molar-refractivity contribution in [2.24, 2.45) is 0 Å². The van der Waals surface area contributed by atoms with E-state index in [9.17, 15) is 4.79 Å². The highest BCUT2D eigenvalue weighted by Crippen LogP contribution is 2.26. The molecule has 3 heterocycles. The van der Waals surface area contributed by atoms with Gasteiger partial charge in [0, 0.05) is 31.2 Å². The monoisotopic (exact) mass is 400 g/mol. The van der Waals surface area contributed by atoms with Gasteiger partial charge in [0.2, 0.25) is 5.89 Å². The number of fused-ring (bicyclic) bond motifs is 1. The van der Waals surface area contributed by atoms with Gasteiger partial charge in [0.25, 0.3) is 5.91 Å². The van der Waals surface area contributed by atoms with Gasteiger partial charge in [0.15, 0.2) is 12.3 Å². The second-order valence-corrected chi connectivity index (χ2v) is 8.97. The Hall–Kier alpha value is -2.45. The molecule has 0 atom stereocenters. The van der Waals surface area contributed by atoms with Crippen molar-refractivity contribution in [3.63, 3.8) is 0 Å². The fourth-order valence-corrected chi connectivity index (χ4v) is 4.12. The van der Waals surface area contributed by atoms with Crippen molar-refractivity contribution in [2.75, 3.05) is 26.7 Å². The van der Waals surface area contributed by atoms with E-state index in [1.54, 1.807) is 11.3 Å². The molecule has 1 aromatic carbocycles. The van der Waals surface area contributed by atoms with Gasteiger partial charge >= 0.3 is 0 Å². The number of amides is 1. The van der Waals surface area contributed by atoms with Crippen LogP contribution < -0.4 is 4.74 Å². The lowest BCUT2D eigenvalue weighted by Gasteiger charge is -2.45. The summed E-state index contributed by atoms with van der Waals surface area (Å²) < 4.78 is 12.4. The van der Waals surface area contributed by atoms with Crippen LogP contribution in [0.2, 0.25) is 0 Å². The van der Waals surface area contributed by atoms with Crippen LogP contribution in [0.5, 0.6) is 5.75 Å². The van der Waals surface area contributed by atoms with Gasteiger partial charge in [0.1, 0.15) is 12.0 Å². The van der Waals surface area contributed by atoms with Crippen LogP contribution in [0, 0.1) is 6.92 Å². The molecule has 0 radical (unpaired) electrons. The van der Waals surface area contributed by atoms with E-state index < -0.39 is 0 Å². The molecule has 0 N–H and O–H groups in total. The molecule has 0 saturated carbocycles. The Bertz CT molecular complexity index is 1010. The Morgan fingerprint density at radius 3 is 2.93 bits per heavy atom. The molecule has 0 bridgehead atoms. The molecule has 1 amide bonds. The van der Waals surface area contributed by atoms with Crippen molar-refractivity contribution in [3.8, 4) is 5.75 Å². The van der Waals surface area contributed by atoms with Crippen LogP contribution in [0.1, 0.15) is 35.2 Å². The van der Waals surface area contributed by atoms with Gasteiger partial charge in [-0.1, -0.05) is 0 Å². The Morgan fingerprint density at radius 2 is 2.14 bits per heavy atom. The smallest absolute Gasteiger partial charge is 0.275 e. The van der Waals surface area contributed by atoms with Crippen LogP contribution in [0.4, 0.5) is 0 Å². The topological polar surface area (TPSA) is 71.7 Å². The van der Waals surface area contributed by atoms with Crippen LogP contribution in [0.25, 0.3) is 10.2 Å². The summed E-state index contributed by atoms with van der Waals surface area (Å²) in [6, 6.07) is 5.80. The molecular weight excluding hydrogens is 376 g/mol. The average Bonchev–Trinajstić information content (AvgIpc) is 3.26. The highest BCUT2D eigenvalue weighted by atomic mass is 32.1. The lowest BCUT2D eigenvalue weighted by atomic mass is 9.99. The number of nitrogens with zero attached hydrogens (tertiary/aromatic N) is 4. The van der Waals surface area contributed by atoms with Crippen molar-refractivity contribution in [1.29, 1.82) is 0 Å². The zero-order chi connectivity index (χ0) is 19.9. The normalized spacial score (nSPS) is 17.2. The Labute approximate surface area is 167 Å². The molecular formula is C20H24N4O3S. The molecule has 148 valence electrons. The van der Waals surface area contributed by atoms with Crippen molar-refractivity contribution in [2.45, 2.75) is 32.9 Å². The maximum Gasteiger partial charge on any atom is 0.275 e. The van der Waals surface area contributed by atoms with Crippen LogP contribution >= 0.6 is 11.3 Å². The second kappa shape index (κ2) is 7.18. The van der Waals surface area contributed by atoms with E-state index in [-0.39, 0.29) is 18.1 Å². The summed E-state index contributed by atoms with van der Waals surface area (Å²) in [6.45, 7) is 8.60. The molecule has 0 unspecified atom stereocenters. The number of oxazole rings is 1. The van der Waals surface area contributed by atoms with E-state index in [0.29, 0.717) is 30.4 Å². The van der Waals surface area contributed by atoms with Gasteiger partial charge in [-0.05, 0) is 40.0 Å². The minimum absolute atomic E-state index is 0.0592. The fourth-order valence-electron chi connectivity index (χ4n) is 3.31. The largest absolute Gasteiger partial charge is 0.484 e. The first-order chi connectivity index (χ1) is 13.3. The van der Waals surface area contributed by atoms with E-state index >= 15 is 0 Å². The third kappa shape index (κ3) is 3.74. The highest BCUT2D eigenvalue weighted by Gasteiger charge is 2.34. The molecule has 28 heavy (non-hydrogen) atoms. The maximum absolute atomic E-state index is 12.8. The Morgan fingerprint density at radius 1 is 1.32 bits per heavy atom. The number of benzene rings is 1. The second-order valence-electron chi connectivity index (χ2n) is 7.74. The van der Waals surface area contributed by atoms with Crippen molar-refractivity contribution in [3.05, 3.63) is 41.1 Å². The zero-order valence-corrected chi connectivity index (χ0v) is 17.4. The van der Waals surface area contributed by atoms with E-state index in [0.717, 1.165) is 21.8 Å². The Balaban J connectivity index is 1.40. The Kier molecular flexibility index (Phi) is 4.84. The summed E-state index contributed by atoms with van der Waals surface area (Å²) in [6.07, 6.45) is 1.42. The minimum atomic E-state index is -0.101. The lowest BCUT2D eigenvalue weighted by Crippen LogP contribution is -2.58. The van der Waals surface area contributed by atoms with Gasteiger partial charge in [-0.15, -0.1) is 11.3 Å². The van der Waals surface area contributed by atoms with Crippen LogP contribution in [0.15, 0.2) is 28.9 Å². The molecule has 3 aromatic rings. The summed E-state index contributed by atoms with van der Waals surface area (Å²) in [4.78, 5) is 25.7. The predicted octanol–water partition coefficient (Wildman–Crippen LogP) is 3.34. The molecule has 1 saturated heterocycles. The average molecular weight is 401 g/mol. The first kappa shape index (κ1) is 18.9. The predicted molar refractivity (Wildman–Crippen MR) is 108 cm³/mol. The number of aryl methyl sites for hydroxylation is 1. The third-order valence-electron chi connectivity index (χ3n) is 5.20. The van der Waals surface area contributed by atoms with E-state index in [1.165, 1.54) is 6.26 Å². The maximum atomic E-state index is 12.8. The quantitative estimate of drug-likeness (QED) is 0.669. The summed E-state index contributed by atoms with van der Waals surface area (Å²) in [5.74, 6) is 0.978. The summed E-state index contributed by atoms with van der Waals surface area (Å²) in [5.41, 5.74) is 1.18. The molecule has 8 heteroatoms. The van der Waals surface area contributed by atoms with Gasteiger partial charge in [0.05, 0.1) is 15.2 Å². The number of ether oxygens (including phenoxy) is 1. The van der Waals surface area contributed by atoms with Crippen LogP contribution in [-0.4, -0.2) is 57.9 Å². The zero-order valence-electron chi connectivity index (χ0n) is 16.6. The van der Waals surface area contributed by atoms with Crippen molar-refractivity contribution >= 4 is 27.5 Å². The van der Waals surface area contributed by atoms with E-state index in [1.807, 2.05) is 30.0 Å². The number of hydrogen-bond donors (Lipinski definition) is 0. The molecule has 1 fully saturated rings. The summed E-state index contributed by atoms with van der Waals surface area (Å²) >= 11 is 1.65.